The zero-order valence-corrected chi connectivity index (χ0v) is 19.6. The summed E-state index contributed by atoms with van der Waals surface area (Å²) in [6, 6.07) is 9.99. The number of carbonyl (C=O) groups is 2. The van der Waals surface area contributed by atoms with Crippen molar-refractivity contribution in [2.24, 2.45) is 5.92 Å². The molecule has 0 aliphatic rings. The molecule has 0 radical (unpaired) electrons. The van der Waals surface area contributed by atoms with E-state index in [0.717, 1.165) is 17.4 Å². The number of hydrogen-bond acceptors (Lipinski definition) is 7. The summed E-state index contributed by atoms with van der Waals surface area (Å²) in [5.41, 5.74) is 1.19. The maximum Gasteiger partial charge on any atom is 0.270 e. The van der Waals surface area contributed by atoms with E-state index >= 15 is 0 Å². The number of nitro groups is 1. The fourth-order valence-corrected chi connectivity index (χ4v) is 3.89. The van der Waals surface area contributed by atoms with Crippen LogP contribution in [0.25, 0.3) is 11.3 Å². The Balaban J connectivity index is 1.73. The van der Waals surface area contributed by atoms with Crippen LogP contribution < -0.4 is 15.4 Å². The minimum atomic E-state index is -0.916. The molecule has 0 spiro atoms. The molecule has 11 heteroatoms. The molecular formula is C22H21ClN4O5S. The molecule has 0 saturated heterocycles. The van der Waals surface area contributed by atoms with Crippen LogP contribution in [-0.2, 0) is 4.79 Å². The molecule has 9 nitrogen and oxygen atoms in total. The van der Waals surface area contributed by atoms with Gasteiger partial charge >= 0.3 is 0 Å². The molecule has 1 heterocycles. The molecule has 0 saturated carbocycles. The predicted octanol–water partition coefficient (Wildman–Crippen LogP) is 4.77. The summed E-state index contributed by atoms with van der Waals surface area (Å²) in [5.74, 6) is -0.694. The Morgan fingerprint density at radius 2 is 1.88 bits per heavy atom. The van der Waals surface area contributed by atoms with Crippen molar-refractivity contribution in [3.05, 3.63) is 68.5 Å². The summed E-state index contributed by atoms with van der Waals surface area (Å²) in [6.07, 6.45) is 0. The fraction of sp³-hybridized carbons (Fsp3) is 0.227. The van der Waals surface area contributed by atoms with Gasteiger partial charge in [0.15, 0.2) is 5.13 Å². The van der Waals surface area contributed by atoms with Crippen LogP contribution in [0.2, 0.25) is 5.02 Å². The van der Waals surface area contributed by atoms with Crippen LogP contribution in [0, 0.1) is 16.0 Å². The van der Waals surface area contributed by atoms with E-state index < -0.39 is 22.8 Å². The third-order valence-electron chi connectivity index (χ3n) is 4.76. The Hall–Kier alpha value is -3.50. The van der Waals surface area contributed by atoms with Gasteiger partial charge in [-0.15, -0.1) is 11.3 Å². The number of amides is 2. The van der Waals surface area contributed by atoms with Crippen LogP contribution in [0.5, 0.6) is 5.75 Å². The Morgan fingerprint density at radius 1 is 1.18 bits per heavy atom. The van der Waals surface area contributed by atoms with Gasteiger partial charge in [-0.2, -0.15) is 0 Å². The number of methoxy groups -OCH3 is 1. The molecule has 0 fully saturated rings. The smallest absolute Gasteiger partial charge is 0.270 e. The van der Waals surface area contributed by atoms with Gasteiger partial charge in [-0.25, -0.2) is 4.98 Å². The molecule has 0 aliphatic carbocycles. The molecule has 172 valence electrons. The summed E-state index contributed by atoms with van der Waals surface area (Å²) >= 11 is 7.30. The quantitative estimate of drug-likeness (QED) is 0.347. The van der Waals surface area contributed by atoms with Gasteiger partial charge in [0.1, 0.15) is 11.8 Å². The van der Waals surface area contributed by atoms with Crippen molar-refractivity contribution in [2.45, 2.75) is 19.9 Å². The van der Waals surface area contributed by atoms with Crippen molar-refractivity contribution >= 4 is 45.6 Å². The maximum atomic E-state index is 12.9. The zero-order chi connectivity index (χ0) is 24.1. The first-order valence-corrected chi connectivity index (χ1v) is 11.1. The van der Waals surface area contributed by atoms with Gasteiger partial charge in [-0.3, -0.25) is 19.7 Å². The van der Waals surface area contributed by atoms with Gasteiger partial charge in [0.2, 0.25) is 5.91 Å². The minimum absolute atomic E-state index is 0.0464. The van der Waals surface area contributed by atoms with E-state index in [4.69, 9.17) is 16.3 Å². The van der Waals surface area contributed by atoms with Crippen LogP contribution >= 0.6 is 22.9 Å². The first-order valence-electron chi connectivity index (χ1n) is 9.85. The zero-order valence-electron chi connectivity index (χ0n) is 18.0. The standard InChI is InChI=1S/C22H21ClN4O5S/c1-12(2)19(25-20(28)16-10-14(27(30)31)6-9-17(16)23)21(29)26-22-24-18(11-33-22)13-4-7-15(32-3)8-5-13/h4-12,19H,1-3H3,(H,25,28)(H,24,26,29). The largest absolute Gasteiger partial charge is 0.497 e. The summed E-state index contributed by atoms with van der Waals surface area (Å²) in [6.45, 7) is 3.54. The molecule has 1 unspecified atom stereocenters. The van der Waals surface area contributed by atoms with Gasteiger partial charge in [0.05, 0.1) is 28.3 Å². The molecule has 0 bridgehead atoms. The number of nitrogens with one attached hydrogen (secondary N) is 2. The van der Waals surface area contributed by atoms with Gasteiger partial charge in [0, 0.05) is 23.1 Å². The number of ether oxygens (including phenoxy) is 1. The molecular weight excluding hydrogens is 468 g/mol. The number of thiazole rings is 1. The van der Waals surface area contributed by atoms with Crippen molar-refractivity contribution < 1.29 is 19.2 Å². The number of anilines is 1. The van der Waals surface area contributed by atoms with E-state index in [1.54, 1.807) is 21.0 Å². The van der Waals surface area contributed by atoms with Crippen LogP contribution in [0.15, 0.2) is 47.8 Å². The molecule has 33 heavy (non-hydrogen) atoms. The summed E-state index contributed by atoms with van der Waals surface area (Å²) in [7, 11) is 1.59. The molecule has 0 aliphatic heterocycles. The van der Waals surface area contributed by atoms with Gasteiger partial charge in [0.25, 0.3) is 11.6 Å². The SMILES string of the molecule is COc1ccc(-c2csc(NC(=O)C(NC(=O)c3cc([N+](=O)[O-])ccc3Cl)C(C)C)n2)cc1. The molecule has 1 aromatic heterocycles. The number of non-ortho nitro benzene ring substituents is 1. The number of rotatable bonds is 8. The van der Waals surface area contributed by atoms with E-state index in [-0.39, 0.29) is 22.2 Å². The second-order valence-corrected chi connectivity index (χ2v) is 8.64. The second kappa shape index (κ2) is 10.4. The monoisotopic (exact) mass is 488 g/mol. The molecule has 3 rings (SSSR count). The normalized spacial score (nSPS) is 11.7. The number of hydrogen-bond donors (Lipinski definition) is 2. The van der Waals surface area contributed by atoms with E-state index in [1.807, 2.05) is 29.6 Å². The lowest BCUT2D eigenvalue weighted by Crippen LogP contribution is -2.47. The first kappa shape index (κ1) is 24.1. The predicted molar refractivity (Wildman–Crippen MR) is 127 cm³/mol. The highest BCUT2D eigenvalue weighted by Crippen LogP contribution is 2.27. The van der Waals surface area contributed by atoms with E-state index in [2.05, 4.69) is 15.6 Å². The van der Waals surface area contributed by atoms with E-state index in [9.17, 15) is 19.7 Å². The van der Waals surface area contributed by atoms with Crippen molar-refractivity contribution in [3.63, 3.8) is 0 Å². The average molecular weight is 489 g/mol. The Kier molecular flexibility index (Phi) is 7.62. The van der Waals surface area contributed by atoms with Crippen molar-refractivity contribution in [2.75, 3.05) is 12.4 Å². The highest BCUT2D eigenvalue weighted by Gasteiger charge is 2.27. The number of nitrogens with zero attached hydrogens (tertiary/aromatic N) is 2. The summed E-state index contributed by atoms with van der Waals surface area (Å²) in [4.78, 5) is 40.5. The highest BCUT2D eigenvalue weighted by molar-refractivity contribution is 7.14. The Bertz CT molecular complexity index is 1180. The average Bonchev–Trinajstić information content (AvgIpc) is 3.25. The third-order valence-corrected chi connectivity index (χ3v) is 5.85. The number of benzene rings is 2. The number of aromatic nitrogens is 1. The number of carbonyl (C=O) groups excluding carboxylic acids is 2. The van der Waals surface area contributed by atoms with Crippen molar-refractivity contribution in [1.82, 2.24) is 10.3 Å². The van der Waals surface area contributed by atoms with E-state index in [1.165, 1.54) is 23.5 Å². The molecule has 2 N–H and O–H groups in total. The molecule has 2 aromatic carbocycles. The van der Waals surface area contributed by atoms with E-state index in [0.29, 0.717) is 10.8 Å². The maximum absolute atomic E-state index is 12.9. The molecule has 1 atom stereocenters. The van der Waals surface area contributed by atoms with Gasteiger partial charge in [-0.05, 0) is 36.2 Å². The van der Waals surface area contributed by atoms with Gasteiger partial charge < -0.3 is 15.4 Å². The Labute approximate surface area is 198 Å². The minimum Gasteiger partial charge on any atom is -0.497 e. The van der Waals surface area contributed by atoms with Crippen molar-refractivity contribution in [1.29, 1.82) is 0 Å². The molecule has 2 amide bonds. The topological polar surface area (TPSA) is 123 Å². The van der Waals surface area contributed by atoms with Crippen molar-refractivity contribution in [3.8, 4) is 17.0 Å². The number of halogens is 1. The Morgan fingerprint density at radius 3 is 2.48 bits per heavy atom. The summed E-state index contributed by atoms with van der Waals surface area (Å²) < 4.78 is 5.15. The lowest BCUT2D eigenvalue weighted by molar-refractivity contribution is -0.384. The lowest BCUT2D eigenvalue weighted by Gasteiger charge is -2.21. The number of nitro benzene ring substituents is 1. The fourth-order valence-electron chi connectivity index (χ4n) is 2.96. The van der Waals surface area contributed by atoms with Crippen LogP contribution in [0.1, 0.15) is 24.2 Å². The van der Waals surface area contributed by atoms with Crippen LogP contribution in [0.4, 0.5) is 10.8 Å². The van der Waals surface area contributed by atoms with Gasteiger partial charge in [-0.1, -0.05) is 25.4 Å². The first-order chi connectivity index (χ1) is 15.7. The highest BCUT2D eigenvalue weighted by atomic mass is 35.5. The second-order valence-electron chi connectivity index (χ2n) is 7.37. The van der Waals surface area contributed by atoms with Crippen LogP contribution in [0.3, 0.4) is 0 Å². The summed E-state index contributed by atoms with van der Waals surface area (Å²) in [5, 5.41) is 18.6. The van der Waals surface area contributed by atoms with Crippen LogP contribution in [-0.4, -0.2) is 34.9 Å². The third kappa shape index (κ3) is 5.85. The lowest BCUT2D eigenvalue weighted by atomic mass is 10.0. The molecule has 3 aromatic rings.